The summed E-state index contributed by atoms with van der Waals surface area (Å²) in [5.41, 5.74) is 1.41. The van der Waals surface area contributed by atoms with Gasteiger partial charge in [-0.05, 0) is 31.0 Å². The molecule has 2 aromatic rings. The molecule has 4 rings (SSSR count). The monoisotopic (exact) mass is 392 g/mol. The number of anilines is 1. The molecule has 1 N–H and O–H groups in total. The molecule has 0 aliphatic carbocycles. The second kappa shape index (κ2) is 6.92. The van der Waals surface area contributed by atoms with E-state index < -0.39 is 24.2 Å². The largest absolute Gasteiger partial charge is 0.494 e. The first-order chi connectivity index (χ1) is 13.4. The first-order valence-corrected chi connectivity index (χ1v) is 8.98. The van der Waals surface area contributed by atoms with Crippen molar-refractivity contribution in [3.63, 3.8) is 0 Å². The number of hydrogen-bond donors (Lipinski definition) is 1. The topological polar surface area (TPSA) is 50.8 Å². The lowest BCUT2D eigenvalue weighted by atomic mass is 9.89. The molecule has 2 aromatic carbocycles. The highest BCUT2D eigenvalue weighted by Gasteiger charge is 2.44. The van der Waals surface area contributed by atoms with E-state index in [-0.39, 0.29) is 0 Å². The standard InChI is InChI=1S/C20H19F3N2O3/c1-27-15-9-4-10-16-18(15)25-11-5-7-13(24-19(26)20(21,22)23)17(25)12-6-2-3-8-14(12)28-16/h2-4,6,8-10,13,17H,5,7,11H2,1H3,(H,24,26)/t13-,17+/m1/s1. The molecule has 8 heteroatoms. The van der Waals surface area contributed by atoms with Gasteiger partial charge in [-0.2, -0.15) is 13.2 Å². The number of amides is 1. The highest BCUT2D eigenvalue weighted by Crippen LogP contribution is 2.51. The van der Waals surface area contributed by atoms with Crippen molar-refractivity contribution < 1.29 is 27.4 Å². The number of ether oxygens (including phenoxy) is 2. The lowest BCUT2D eigenvalue weighted by Gasteiger charge is -2.42. The highest BCUT2D eigenvalue weighted by molar-refractivity contribution is 5.82. The maximum absolute atomic E-state index is 12.9. The molecule has 2 aliphatic rings. The highest BCUT2D eigenvalue weighted by atomic mass is 19.4. The fourth-order valence-corrected chi connectivity index (χ4v) is 4.00. The van der Waals surface area contributed by atoms with E-state index in [1.165, 1.54) is 7.11 Å². The van der Waals surface area contributed by atoms with Crippen LogP contribution in [0, 0.1) is 0 Å². The third kappa shape index (κ3) is 3.12. The summed E-state index contributed by atoms with van der Waals surface area (Å²) in [4.78, 5) is 13.6. The van der Waals surface area contributed by atoms with Gasteiger partial charge in [0, 0.05) is 12.1 Å². The maximum atomic E-state index is 12.9. The lowest BCUT2D eigenvalue weighted by Crippen LogP contribution is -2.52. The van der Waals surface area contributed by atoms with Crippen LogP contribution in [-0.2, 0) is 4.79 Å². The Morgan fingerprint density at radius 3 is 2.68 bits per heavy atom. The van der Waals surface area contributed by atoms with E-state index in [4.69, 9.17) is 9.47 Å². The number of nitrogens with zero attached hydrogens (tertiary/aromatic N) is 1. The molecule has 28 heavy (non-hydrogen) atoms. The van der Waals surface area contributed by atoms with Crippen molar-refractivity contribution in [3.8, 4) is 17.2 Å². The van der Waals surface area contributed by atoms with Gasteiger partial charge in [0.05, 0.1) is 19.2 Å². The Balaban J connectivity index is 1.84. The third-order valence-electron chi connectivity index (χ3n) is 5.13. The van der Waals surface area contributed by atoms with E-state index in [0.29, 0.717) is 42.3 Å². The Morgan fingerprint density at radius 2 is 1.93 bits per heavy atom. The number of alkyl halides is 3. The van der Waals surface area contributed by atoms with E-state index in [1.807, 2.05) is 17.0 Å². The predicted octanol–water partition coefficient (Wildman–Crippen LogP) is 4.19. The second-order valence-corrected chi connectivity index (χ2v) is 6.81. The molecule has 148 valence electrons. The van der Waals surface area contributed by atoms with Crippen LogP contribution in [0.25, 0.3) is 0 Å². The molecular weight excluding hydrogens is 373 g/mol. The van der Waals surface area contributed by atoms with Gasteiger partial charge in [-0.15, -0.1) is 0 Å². The Kier molecular flexibility index (Phi) is 4.56. The van der Waals surface area contributed by atoms with Crippen molar-refractivity contribution in [1.29, 1.82) is 0 Å². The number of piperidine rings is 1. The summed E-state index contributed by atoms with van der Waals surface area (Å²) < 4.78 is 50.3. The van der Waals surface area contributed by atoms with Gasteiger partial charge in [-0.25, -0.2) is 0 Å². The fraction of sp³-hybridized carbons (Fsp3) is 0.350. The Bertz CT molecular complexity index is 901. The van der Waals surface area contributed by atoms with Crippen molar-refractivity contribution >= 4 is 11.6 Å². The zero-order valence-electron chi connectivity index (χ0n) is 15.1. The van der Waals surface area contributed by atoms with Gasteiger partial charge in [0.25, 0.3) is 0 Å². The first kappa shape index (κ1) is 18.5. The summed E-state index contributed by atoms with van der Waals surface area (Å²) >= 11 is 0. The van der Waals surface area contributed by atoms with Crippen LogP contribution in [0.5, 0.6) is 17.2 Å². The number of carbonyl (C=O) groups excluding carboxylic acids is 1. The van der Waals surface area contributed by atoms with E-state index in [0.717, 1.165) is 5.56 Å². The third-order valence-corrected chi connectivity index (χ3v) is 5.13. The van der Waals surface area contributed by atoms with Crippen LogP contribution in [0.3, 0.4) is 0 Å². The van der Waals surface area contributed by atoms with Crippen LogP contribution in [0.1, 0.15) is 24.4 Å². The van der Waals surface area contributed by atoms with Crippen LogP contribution in [0.2, 0.25) is 0 Å². The molecule has 0 aromatic heterocycles. The van der Waals surface area contributed by atoms with Gasteiger partial charge in [0.2, 0.25) is 0 Å². The quantitative estimate of drug-likeness (QED) is 0.833. The first-order valence-electron chi connectivity index (χ1n) is 8.98. The molecule has 2 heterocycles. The van der Waals surface area contributed by atoms with Gasteiger partial charge in [0.15, 0.2) is 5.75 Å². The molecule has 1 amide bonds. The van der Waals surface area contributed by atoms with Crippen molar-refractivity contribution in [1.82, 2.24) is 5.32 Å². The number of fused-ring (bicyclic) bond motifs is 5. The Morgan fingerprint density at radius 1 is 1.18 bits per heavy atom. The zero-order valence-corrected chi connectivity index (χ0v) is 15.1. The van der Waals surface area contributed by atoms with Gasteiger partial charge in [-0.3, -0.25) is 4.79 Å². The van der Waals surface area contributed by atoms with Crippen molar-refractivity contribution in [2.75, 3.05) is 18.6 Å². The minimum Gasteiger partial charge on any atom is -0.494 e. The number of benzene rings is 2. The smallest absolute Gasteiger partial charge is 0.471 e. The Hall–Kier alpha value is -2.90. The van der Waals surface area contributed by atoms with Gasteiger partial charge >= 0.3 is 12.1 Å². The molecule has 0 saturated carbocycles. The van der Waals surface area contributed by atoms with Crippen molar-refractivity contribution in [2.24, 2.45) is 0 Å². The number of halogens is 3. The number of carbonyl (C=O) groups is 1. The van der Waals surface area contributed by atoms with Crippen LogP contribution in [-0.4, -0.2) is 31.8 Å². The number of hydrogen-bond acceptors (Lipinski definition) is 4. The molecule has 0 unspecified atom stereocenters. The second-order valence-electron chi connectivity index (χ2n) is 6.81. The van der Waals surface area contributed by atoms with Crippen LogP contribution < -0.4 is 19.7 Å². The molecule has 0 spiro atoms. The van der Waals surface area contributed by atoms with Crippen molar-refractivity contribution in [3.05, 3.63) is 48.0 Å². The Labute approximate surface area is 160 Å². The minimum atomic E-state index is -4.93. The van der Waals surface area contributed by atoms with Crippen LogP contribution in [0.15, 0.2) is 42.5 Å². The van der Waals surface area contributed by atoms with E-state index in [1.54, 1.807) is 30.3 Å². The molecule has 2 atom stereocenters. The average molecular weight is 392 g/mol. The number of para-hydroxylation sites is 2. The average Bonchev–Trinajstić information content (AvgIpc) is 2.82. The molecule has 2 aliphatic heterocycles. The van der Waals surface area contributed by atoms with E-state index in [9.17, 15) is 18.0 Å². The molecule has 1 fully saturated rings. The maximum Gasteiger partial charge on any atom is 0.471 e. The lowest BCUT2D eigenvalue weighted by molar-refractivity contribution is -0.174. The van der Waals surface area contributed by atoms with Crippen LogP contribution in [0.4, 0.5) is 18.9 Å². The molecular formula is C20H19F3N2O3. The summed E-state index contributed by atoms with van der Waals surface area (Å²) in [5.74, 6) is -0.241. The number of methoxy groups -OCH3 is 1. The molecule has 1 saturated heterocycles. The van der Waals surface area contributed by atoms with Crippen molar-refractivity contribution in [2.45, 2.75) is 31.1 Å². The number of rotatable bonds is 2. The summed E-state index contributed by atoms with van der Waals surface area (Å²) in [5, 5.41) is 2.19. The summed E-state index contributed by atoms with van der Waals surface area (Å²) in [7, 11) is 1.54. The molecule has 5 nitrogen and oxygen atoms in total. The van der Waals surface area contributed by atoms with Gasteiger partial charge in [-0.1, -0.05) is 24.3 Å². The minimum absolute atomic E-state index is 0.432. The normalized spacial score (nSPS) is 20.8. The zero-order chi connectivity index (χ0) is 19.9. The summed E-state index contributed by atoms with van der Waals surface area (Å²) in [6.45, 7) is 0.605. The fourth-order valence-electron chi connectivity index (χ4n) is 4.00. The van der Waals surface area contributed by atoms with Gasteiger partial charge < -0.3 is 19.7 Å². The van der Waals surface area contributed by atoms with Crippen LogP contribution >= 0.6 is 0 Å². The molecule has 0 bridgehead atoms. The predicted molar refractivity (Wildman–Crippen MR) is 96.8 cm³/mol. The summed E-state index contributed by atoms with van der Waals surface area (Å²) in [6.07, 6.45) is -3.88. The van der Waals surface area contributed by atoms with E-state index in [2.05, 4.69) is 5.32 Å². The number of nitrogens with one attached hydrogen (secondary N) is 1. The molecule has 0 radical (unpaired) electrons. The van der Waals surface area contributed by atoms with E-state index >= 15 is 0 Å². The van der Waals surface area contributed by atoms with Gasteiger partial charge in [0.1, 0.15) is 17.2 Å². The summed E-state index contributed by atoms with van der Waals surface area (Å²) in [6, 6.07) is 11.4. The SMILES string of the molecule is COc1cccc2c1N1CCC[C@@H](NC(=O)C(F)(F)F)[C@@H]1c1ccccc1O2.